The number of sulfonamides is 1. The van der Waals surface area contributed by atoms with Crippen molar-refractivity contribution in [3.8, 4) is 0 Å². The average molecular weight is 381 g/mol. The number of aliphatic hydroxyl groups excluding tert-OH is 1. The quantitative estimate of drug-likeness (QED) is 0.793. The first-order chi connectivity index (χ1) is 12.3. The molecule has 2 fully saturated rings. The molecule has 2 heterocycles. The van der Waals surface area contributed by atoms with Crippen LogP contribution in [0.1, 0.15) is 29.6 Å². The van der Waals surface area contributed by atoms with Gasteiger partial charge in [-0.25, -0.2) is 8.42 Å². The van der Waals surface area contributed by atoms with Crippen LogP contribution in [0.15, 0.2) is 29.2 Å². The Morgan fingerprint density at radius 2 is 1.96 bits per heavy atom. The van der Waals surface area contributed by atoms with E-state index in [1.807, 2.05) is 7.05 Å². The number of likely N-dealkylation sites (N-methyl/N-ethyl adjacent to an activating group) is 1. The standard InChI is InChI=1S/C18H27N3O4S/c1-19-17(23)14-4-6-15(7-5-14)26(24,25)21-11-9-18(13-22)8-3-10-20(2)16(18)12-21/h4-7,16,22H,3,8-13H2,1-2H3,(H,19,23)/t16-,18-/m1/s1. The number of fused-ring (bicyclic) bond motifs is 1. The number of piperidine rings is 2. The molecule has 2 saturated heterocycles. The molecule has 0 aromatic heterocycles. The lowest BCUT2D eigenvalue weighted by Gasteiger charge is -2.53. The second-order valence-corrected chi connectivity index (χ2v) is 9.27. The molecule has 0 bridgehead atoms. The van der Waals surface area contributed by atoms with Gasteiger partial charge in [0.2, 0.25) is 10.0 Å². The van der Waals surface area contributed by atoms with E-state index in [9.17, 15) is 18.3 Å². The van der Waals surface area contributed by atoms with E-state index in [0.717, 1.165) is 19.4 Å². The molecule has 1 amide bonds. The maximum absolute atomic E-state index is 13.1. The molecular weight excluding hydrogens is 354 g/mol. The first-order valence-corrected chi connectivity index (χ1v) is 10.4. The Bertz CT molecular complexity index is 765. The largest absolute Gasteiger partial charge is 0.396 e. The second-order valence-electron chi connectivity index (χ2n) is 7.34. The van der Waals surface area contributed by atoms with Gasteiger partial charge < -0.3 is 15.3 Å². The van der Waals surface area contributed by atoms with Gasteiger partial charge in [0.05, 0.1) is 11.5 Å². The Kier molecular flexibility index (Phi) is 5.39. The Morgan fingerprint density at radius 1 is 1.27 bits per heavy atom. The molecule has 2 N–H and O–H groups in total. The minimum Gasteiger partial charge on any atom is -0.396 e. The molecule has 0 unspecified atom stereocenters. The van der Waals surface area contributed by atoms with Gasteiger partial charge in [-0.3, -0.25) is 4.79 Å². The molecule has 1 aromatic carbocycles. The molecule has 3 rings (SSSR count). The number of amides is 1. The summed E-state index contributed by atoms with van der Waals surface area (Å²) >= 11 is 0. The summed E-state index contributed by atoms with van der Waals surface area (Å²) in [5, 5.41) is 12.5. The van der Waals surface area contributed by atoms with Gasteiger partial charge in [-0.1, -0.05) is 0 Å². The molecule has 0 spiro atoms. The fourth-order valence-corrected chi connectivity index (χ4v) is 5.73. The maximum atomic E-state index is 13.1. The van der Waals surface area contributed by atoms with Crippen LogP contribution in [-0.4, -0.2) is 75.0 Å². The lowest BCUT2D eigenvalue weighted by molar-refractivity contribution is -0.0508. The molecule has 7 nitrogen and oxygen atoms in total. The number of aliphatic hydroxyl groups is 1. The highest BCUT2D eigenvalue weighted by atomic mass is 32.2. The first-order valence-electron chi connectivity index (χ1n) is 8.97. The summed E-state index contributed by atoms with van der Waals surface area (Å²) in [5.74, 6) is -0.247. The number of nitrogens with one attached hydrogen (secondary N) is 1. The SMILES string of the molecule is CNC(=O)c1ccc(S(=O)(=O)N2CC[C@@]3(CO)CCCN(C)[C@@H]3C2)cc1. The summed E-state index contributed by atoms with van der Waals surface area (Å²) in [6.45, 7) is 1.80. The van der Waals surface area contributed by atoms with E-state index in [1.165, 1.54) is 35.6 Å². The van der Waals surface area contributed by atoms with Crippen molar-refractivity contribution in [3.63, 3.8) is 0 Å². The van der Waals surface area contributed by atoms with Crippen molar-refractivity contribution in [2.45, 2.75) is 30.2 Å². The Hall–Kier alpha value is -1.48. The van der Waals surface area contributed by atoms with Crippen LogP contribution in [0.3, 0.4) is 0 Å². The van der Waals surface area contributed by atoms with E-state index >= 15 is 0 Å². The molecule has 0 radical (unpaired) electrons. The zero-order chi connectivity index (χ0) is 18.9. The van der Waals surface area contributed by atoms with E-state index in [4.69, 9.17) is 0 Å². The van der Waals surface area contributed by atoms with Crippen LogP contribution >= 0.6 is 0 Å². The van der Waals surface area contributed by atoms with Crippen LogP contribution < -0.4 is 5.32 Å². The van der Waals surface area contributed by atoms with Gasteiger partial charge in [-0.2, -0.15) is 4.31 Å². The van der Waals surface area contributed by atoms with Gasteiger partial charge in [0.1, 0.15) is 0 Å². The summed E-state index contributed by atoms with van der Waals surface area (Å²) in [5.41, 5.74) is 0.221. The van der Waals surface area contributed by atoms with Crippen molar-refractivity contribution in [1.29, 1.82) is 0 Å². The normalized spacial score (nSPS) is 27.7. The van der Waals surface area contributed by atoms with Crippen LogP contribution in [0.5, 0.6) is 0 Å². The third-order valence-electron chi connectivity index (χ3n) is 5.96. The first kappa shape index (κ1) is 19.3. The molecule has 0 aliphatic carbocycles. The number of rotatable bonds is 4. The van der Waals surface area contributed by atoms with Crippen molar-refractivity contribution in [2.24, 2.45) is 5.41 Å². The summed E-state index contributed by atoms with van der Waals surface area (Å²) in [4.78, 5) is 14.0. The van der Waals surface area contributed by atoms with Gasteiger partial charge >= 0.3 is 0 Å². The van der Waals surface area contributed by atoms with Crippen LogP contribution in [0.2, 0.25) is 0 Å². The fraction of sp³-hybridized carbons (Fsp3) is 0.611. The van der Waals surface area contributed by atoms with Gasteiger partial charge in [0.25, 0.3) is 5.91 Å². The maximum Gasteiger partial charge on any atom is 0.251 e. The van der Waals surface area contributed by atoms with Gasteiger partial charge in [-0.15, -0.1) is 0 Å². The highest BCUT2D eigenvalue weighted by molar-refractivity contribution is 7.89. The topological polar surface area (TPSA) is 90.0 Å². The Morgan fingerprint density at radius 3 is 2.58 bits per heavy atom. The molecular formula is C18H27N3O4S. The van der Waals surface area contributed by atoms with E-state index in [-0.39, 0.29) is 28.9 Å². The minimum absolute atomic E-state index is 0.0231. The van der Waals surface area contributed by atoms with Crippen molar-refractivity contribution in [3.05, 3.63) is 29.8 Å². The molecule has 2 aliphatic heterocycles. The molecule has 144 valence electrons. The summed E-state index contributed by atoms with van der Waals surface area (Å²) in [7, 11) is -0.0879. The molecule has 2 aliphatic rings. The lowest BCUT2D eigenvalue weighted by atomic mass is 9.69. The molecule has 0 saturated carbocycles. The van der Waals surface area contributed by atoms with Gasteiger partial charge in [-0.05, 0) is 57.1 Å². The molecule has 1 aromatic rings. The number of hydrogen-bond acceptors (Lipinski definition) is 5. The Balaban J connectivity index is 1.83. The summed E-state index contributed by atoms with van der Waals surface area (Å²) in [6.07, 6.45) is 2.63. The van der Waals surface area contributed by atoms with Gasteiger partial charge in [0.15, 0.2) is 0 Å². The minimum atomic E-state index is -3.63. The zero-order valence-corrected chi connectivity index (χ0v) is 16.1. The number of carbonyl (C=O) groups is 1. The average Bonchev–Trinajstić information content (AvgIpc) is 2.67. The molecule has 2 atom stereocenters. The fourth-order valence-electron chi connectivity index (χ4n) is 4.28. The number of carbonyl (C=O) groups excluding carboxylic acids is 1. The predicted molar refractivity (Wildman–Crippen MR) is 98.4 cm³/mol. The number of nitrogens with zero attached hydrogens (tertiary/aromatic N) is 2. The monoisotopic (exact) mass is 381 g/mol. The van der Waals surface area contributed by atoms with E-state index in [2.05, 4.69) is 10.2 Å². The lowest BCUT2D eigenvalue weighted by Crippen LogP contribution is -2.62. The van der Waals surface area contributed by atoms with Crippen LogP contribution in [0.4, 0.5) is 0 Å². The smallest absolute Gasteiger partial charge is 0.251 e. The van der Waals surface area contributed by atoms with Crippen molar-refractivity contribution in [1.82, 2.24) is 14.5 Å². The van der Waals surface area contributed by atoms with E-state index in [1.54, 1.807) is 0 Å². The predicted octanol–water partition coefficient (Wildman–Crippen LogP) is 0.514. The van der Waals surface area contributed by atoms with E-state index in [0.29, 0.717) is 25.1 Å². The highest BCUT2D eigenvalue weighted by Gasteiger charge is 2.48. The molecule has 26 heavy (non-hydrogen) atoms. The van der Waals surface area contributed by atoms with Crippen LogP contribution in [0.25, 0.3) is 0 Å². The van der Waals surface area contributed by atoms with Crippen LogP contribution in [0, 0.1) is 5.41 Å². The highest BCUT2D eigenvalue weighted by Crippen LogP contribution is 2.42. The Labute approximate surface area is 155 Å². The zero-order valence-electron chi connectivity index (χ0n) is 15.3. The summed E-state index contributed by atoms with van der Waals surface area (Å²) < 4.78 is 27.6. The second kappa shape index (κ2) is 7.26. The summed E-state index contributed by atoms with van der Waals surface area (Å²) in [6, 6.07) is 6.05. The van der Waals surface area contributed by atoms with Crippen molar-refractivity contribution in [2.75, 3.05) is 40.3 Å². The third kappa shape index (κ3) is 3.26. The van der Waals surface area contributed by atoms with Crippen molar-refractivity contribution < 1.29 is 18.3 Å². The third-order valence-corrected chi connectivity index (χ3v) is 7.84. The van der Waals surface area contributed by atoms with Gasteiger partial charge in [0, 0.05) is 37.2 Å². The number of hydrogen-bond donors (Lipinski definition) is 2. The molecule has 8 heteroatoms. The van der Waals surface area contributed by atoms with Crippen LogP contribution in [-0.2, 0) is 10.0 Å². The van der Waals surface area contributed by atoms with Crippen molar-refractivity contribution >= 4 is 15.9 Å². The van der Waals surface area contributed by atoms with E-state index < -0.39 is 10.0 Å². The number of benzene rings is 1. The number of likely N-dealkylation sites (tertiary alicyclic amines) is 1.